The molecule has 0 fully saturated rings. The zero-order valence-electron chi connectivity index (χ0n) is 10.4. The van der Waals surface area contributed by atoms with Gasteiger partial charge in [-0.05, 0) is 0 Å². The monoisotopic (exact) mass is 350 g/mol. The Morgan fingerprint density at radius 3 is 1.27 bits per heavy atom. The van der Waals surface area contributed by atoms with Crippen LogP contribution in [0.15, 0.2) is 0 Å². The van der Waals surface area contributed by atoms with Gasteiger partial charge in [0.05, 0.1) is 26.2 Å². The maximum absolute atomic E-state index is 10.6. The van der Waals surface area contributed by atoms with Crippen molar-refractivity contribution in [1.82, 2.24) is 9.80 Å². The van der Waals surface area contributed by atoms with Crippen molar-refractivity contribution in [3.63, 3.8) is 0 Å². The molecule has 0 aliphatic heterocycles. The molecule has 0 aromatic carbocycles. The molecule has 0 spiro atoms. The number of rotatable bonds is 11. The molecule has 12 heteroatoms. The summed E-state index contributed by atoms with van der Waals surface area (Å²) >= 11 is 0. The van der Waals surface area contributed by atoms with Crippen LogP contribution in [0.5, 0.6) is 0 Å². The molecule has 0 rings (SSSR count). The Balaban J connectivity index is -0.000000540. The number of carboxylic acid groups (broad SMARTS) is 3. The van der Waals surface area contributed by atoms with Gasteiger partial charge in [0.25, 0.3) is 0 Å². The molecule has 0 aromatic heterocycles. The number of carboxylic acids is 3. The van der Waals surface area contributed by atoms with Crippen LogP contribution >= 0.6 is 0 Å². The van der Waals surface area contributed by atoms with E-state index in [2.05, 4.69) is 0 Å². The zero-order valence-corrected chi connectivity index (χ0v) is 10.4. The van der Waals surface area contributed by atoms with Crippen LogP contribution in [0.2, 0.25) is 0 Å². The van der Waals surface area contributed by atoms with Crippen LogP contribution < -0.4 is 0 Å². The fraction of sp³-hybridized carbons (Fsp3) is 0.700. The van der Waals surface area contributed by atoms with Gasteiger partial charge in [-0.3, -0.25) is 24.2 Å². The first-order chi connectivity index (χ1) is 8.85. The Morgan fingerprint density at radius 1 is 0.636 bits per heavy atom. The van der Waals surface area contributed by atoms with E-state index in [1.807, 2.05) is 0 Å². The third kappa shape index (κ3) is 19.3. The van der Waals surface area contributed by atoms with Crippen LogP contribution in [0.3, 0.4) is 0 Å². The first-order valence-corrected chi connectivity index (χ1v) is 5.56. The zero-order chi connectivity index (χ0) is 14.8. The first-order valence-electron chi connectivity index (χ1n) is 5.56. The molecular weight excluding hydrogens is 329 g/mol. The van der Waals surface area contributed by atoms with Crippen molar-refractivity contribution in [2.45, 2.75) is 0 Å². The van der Waals surface area contributed by atoms with E-state index >= 15 is 0 Å². The third-order valence-corrected chi connectivity index (χ3v) is 2.23. The normalized spacial score (nSPS) is 9.41. The second-order valence-corrected chi connectivity index (χ2v) is 3.89. The molecule has 0 bridgehead atoms. The van der Waals surface area contributed by atoms with Crippen molar-refractivity contribution in [2.75, 3.05) is 45.9 Å². The molecule has 116 valence electrons. The number of aliphatic carboxylic acids is 3. The fourth-order valence-electron chi connectivity index (χ4n) is 1.48. The molecule has 4 N–H and O–H groups in total. The molecule has 0 saturated carbocycles. The van der Waals surface area contributed by atoms with Crippen LogP contribution in [-0.4, -0.2) is 183 Å². The van der Waals surface area contributed by atoms with E-state index in [1.54, 1.807) is 0 Å². The van der Waals surface area contributed by atoms with Gasteiger partial charge < -0.3 is 20.4 Å². The Bertz CT molecular complexity index is 318. The van der Waals surface area contributed by atoms with E-state index in [4.69, 9.17) is 20.4 Å². The average Bonchev–Trinajstić information content (AvgIpc) is 2.23. The summed E-state index contributed by atoms with van der Waals surface area (Å²) in [5, 5.41) is 34.7. The van der Waals surface area contributed by atoms with Crippen LogP contribution in [0, 0.1) is 0 Å². The van der Waals surface area contributed by atoms with Gasteiger partial charge in [0, 0.05) is 19.6 Å². The van der Waals surface area contributed by atoms with Crippen molar-refractivity contribution in [2.24, 2.45) is 0 Å². The van der Waals surface area contributed by atoms with Crippen molar-refractivity contribution < 1.29 is 34.8 Å². The van der Waals surface area contributed by atoms with E-state index < -0.39 is 31.0 Å². The first kappa shape index (κ1) is 31.1. The number of aliphatic hydroxyl groups is 1. The van der Waals surface area contributed by atoms with Gasteiger partial charge in [0.15, 0.2) is 0 Å². The predicted molar refractivity (Wildman–Crippen MR) is 84.3 cm³/mol. The van der Waals surface area contributed by atoms with E-state index in [1.165, 1.54) is 9.80 Å². The molecule has 0 amide bonds. The Hall–Kier alpha value is 1.29. The Labute approximate surface area is 194 Å². The predicted octanol–water partition coefficient (Wildman–Crippen LogP) is -4.11. The molecular formula is C10H21N2Na3O7. The summed E-state index contributed by atoms with van der Waals surface area (Å²) < 4.78 is 0. The van der Waals surface area contributed by atoms with E-state index in [-0.39, 0.29) is 121 Å². The topological polar surface area (TPSA) is 139 Å². The Morgan fingerprint density at radius 2 is 0.955 bits per heavy atom. The van der Waals surface area contributed by atoms with Crippen LogP contribution in [0.4, 0.5) is 0 Å². The molecule has 0 unspecified atom stereocenters. The summed E-state index contributed by atoms with van der Waals surface area (Å²) in [6.07, 6.45) is 0. The molecule has 9 nitrogen and oxygen atoms in total. The van der Waals surface area contributed by atoms with Crippen LogP contribution in [0.1, 0.15) is 0 Å². The average molecular weight is 350 g/mol. The minimum absolute atomic E-state index is 0. The quantitative estimate of drug-likeness (QED) is 0.274. The van der Waals surface area contributed by atoms with Crippen molar-refractivity contribution in [3.8, 4) is 0 Å². The molecule has 0 aliphatic carbocycles. The standard InChI is InChI=1S/C10H18N2O7.3Na.3H/c13-4-3-11(5-8(14)15)1-2-12(6-9(16)17)7-10(18)19;;;;;;/h13H,1-7H2,(H,14,15)(H,16,17)(H,18,19);;;;;;. The number of hydrogen-bond acceptors (Lipinski definition) is 6. The van der Waals surface area contributed by atoms with Gasteiger partial charge in [-0.15, -0.1) is 0 Å². The van der Waals surface area contributed by atoms with Gasteiger partial charge in [-0.2, -0.15) is 0 Å². The van der Waals surface area contributed by atoms with Crippen molar-refractivity contribution >= 4 is 107 Å². The number of nitrogens with zero attached hydrogens (tertiary/aromatic N) is 2. The molecule has 0 atom stereocenters. The van der Waals surface area contributed by atoms with Gasteiger partial charge in [-0.25, -0.2) is 0 Å². The third-order valence-electron chi connectivity index (χ3n) is 2.23. The molecule has 0 aliphatic rings. The molecule has 0 saturated heterocycles. The van der Waals surface area contributed by atoms with Gasteiger partial charge in [-0.1, -0.05) is 0 Å². The maximum atomic E-state index is 10.6. The van der Waals surface area contributed by atoms with E-state index in [0.717, 1.165) is 0 Å². The second kappa shape index (κ2) is 18.6. The minimum atomic E-state index is -1.16. The molecule has 22 heavy (non-hydrogen) atoms. The summed E-state index contributed by atoms with van der Waals surface area (Å²) in [5.41, 5.74) is 0. The SMILES string of the molecule is O=C(O)CN(CCO)CCN(CC(=O)O)CC(=O)O.[NaH].[NaH].[NaH]. The molecule has 0 aromatic rings. The van der Waals surface area contributed by atoms with Crippen LogP contribution in [0.25, 0.3) is 0 Å². The summed E-state index contributed by atoms with van der Waals surface area (Å²) in [6.45, 7) is -1.03. The summed E-state index contributed by atoms with van der Waals surface area (Å²) in [5.74, 6) is -3.39. The van der Waals surface area contributed by atoms with Crippen molar-refractivity contribution in [3.05, 3.63) is 0 Å². The van der Waals surface area contributed by atoms with Crippen molar-refractivity contribution in [1.29, 1.82) is 0 Å². The summed E-state index contributed by atoms with van der Waals surface area (Å²) in [6, 6.07) is 0. The second-order valence-electron chi connectivity index (χ2n) is 3.89. The fourth-order valence-corrected chi connectivity index (χ4v) is 1.48. The van der Waals surface area contributed by atoms with E-state index in [9.17, 15) is 14.4 Å². The molecule has 0 heterocycles. The number of hydrogen-bond donors (Lipinski definition) is 4. The molecule has 0 radical (unpaired) electrons. The number of aliphatic hydroxyl groups excluding tert-OH is 1. The Kier molecular flexibility index (Phi) is 26.3. The summed E-state index contributed by atoms with van der Waals surface area (Å²) in [4.78, 5) is 34.3. The van der Waals surface area contributed by atoms with E-state index in [0.29, 0.717) is 0 Å². The van der Waals surface area contributed by atoms with Gasteiger partial charge >= 0.3 is 107 Å². The summed E-state index contributed by atoms with van der Waals surface area (Å²) in [7, 11) is 0. The number of carbonyl (C=O) groups is 3. The van der Waals surface area contributed by atoms with Crippen LogP contribution in [-0.2, 0) is 14.4 Å². The van der Waals surface area contributed by atoms with Gasteiger partial charge in [0.1, 0.15) is 0 Å². The van der Waals surface area contributed by atoms with Gasteiger partial charge in [0.2, 0.25) is 0 Å².